The van der Waals surface area contributed by atoms with E-state index in [2.05, 4.69) is 36.6 Å². The first-order valence-corrected chi connectivity index (χ1v) is 10.5. The Bertz CT molecular complexity index is 891. The van der Waals surface area contributed by atoms with E-state index in [1.807, 2.05) is 50.2 Å². The quantitative estimate of drug-likeness (QED) is 0.522. The largest absolute Gasteiger partial charge is 0.355 e. The van der Waals surface area contributed by atoms with Crippen LogP contribution in [0.4, 0.5) is 0 Å². The van der Waals surface area contributed by atoms with E-state index in [1.165, 1.54) is 0 Å². The van der Waals surface area contributed by atoms with E-state index in [4.69, 9.17) is 0 Å². The molecule has 0 atom stereocenters. The van der Waals surface area contributed by atoms with Crippen LogP contribution in [0.5, 0.6) is 0 Å². The summed E-state index contributed by atoms with van der Waals surface area (Å²) < 4.78 is 1.01. The van der Waals surface area contributed by atoms with Gasteiger partial charge in [0, 0.05) is 40.8 Å². The first-order chi connectivity index (χ1) is 13.0. The molecule has 0 fully saturated rings. The van der Waals surface area contributed by atoms with Gasteiger partial charge in [-0.25, -0.2) is 4.98 Å². The zero-order chi connectivity index (χ0) is 19.3. The van der Waals surface area contributed by atoms with Crippen molar-refractivity contribution < 1.29 is 4.79 Å². The molecule has 0 saturated heterocycles. The van der Waals surface area contributed by atoms with Gasteiger partial charge < -0.3 is 5.32 Å². The summed E-state index contributed by atoms with van der Waals surface area (Å²) in [5.41, 5.74) is 2.51. The van der Waals surface area contributed by atoms with Crippen LogP contribution in [-0.4, -0.2) is 22.4 Å². The van der Waals surface area contributed by atoms with Crippen molar-refractivity contribution in [1.82, 2.24) is 15.3 Å². The molecule has 0 unspecified atom stereocenters. The van der Waals surface area contributed by atoms with E-state index in [1.54, 1.807) is 23.7 Å². The molecule has 0 saturated carbocycles. The number of benzene rings is 1. The number of hydrogen-bond donors (Lipinski definition) is 1. The lowest BCUT2D eigenvalue weighted by Gasteiger charge is -2.24. The third-order valence-corrected chi connectivity index (χ3v) is 5.95. The zero-order valence-electron chi connectivity index (χ0n) is 15.4. The number of nitrogens with one attached hydrogen (secondary N) is 1. The minimum atomic E-state index is -0.559. The number of thiazole rings is 1. The fraction of sp³-hybridized carbons (Fsp3) is 0.286. The predicted molar refractivity (Wildman–Crippen MR) is 114 cm³/mol. The standard InChI is InChI=1S/C21H22BrN3OS/c1-21(2,16-5-7-17(22)8-6-16)20(26)24-11-3-4-19-25-18(14-27-19)15-9-12-23-13-10-15/h5-10,12-14H,3-4,11H2,1-2H3,(H,24,26). The maximum absolute atomic E-state index is 12.6. The Labute approximate surface area is 172 Å². The Morgan fingerprint density at radius 1 is 1.15 bits per heavy atom. The smallest absolute Gasteiger partial charge is 0.230 e. The average Bonchev–Trinajstić information content (AvgIpc) is 3.15. The average molecular weight is 444 g/mol. The molecule has 0 aliphatic rings. The highest BCUT2D eigenvalue weighted by Gasteiger charge is 2.29. The maximum Gasteiger partial charge on any atom is 0.230 e. The monoisotopic (exact) mass is 443 g/mol. The van der Waals surface area contributed by atoms with Crippen LogP contribution < -0.4 is 5.32 Å². The number of carbonyl (C=O) groups excluding carboxylic acids is 1. The van der Waals surface area contributed by atoms with E-state index in [0.717, 1.165) is 39.1 Å². The molecule has 4 nitrogen and oxygen atoms in total. The van der Waals surface area contributed by atoms with Crippen LogP contribution in [0.15, 0.2) is 58.6 Å². The molecule has 3 rings (SSSR count). The molecule has 1 N–H and O–H groups in total. The summed E-state index contributed by atoms with van der Waals surface area (Å²) in [5, 5.41) is 6.22. The molecule has 0 aliphatic carbocycles. The molecule has 0 aliphatic heterocycles. The van der Waals surface area contributed by atoms with Crippen molar-refractivity contribution in [3.8, 4) is 11.3 Å². The Hall–Kier alpha value is -2.05. The lowest BCUT2D eigenvalue weighted by molar-refractivity contribution is -0.125. The van der Waals surface area contributed by atoms with Gasteiger partial charge in [0.1, 0.15) is 0 Å². The van der Waals surface area contributed by atoms with Crippen LogP contribution in [0.3, 0.4) is 0 Å². The highest BCUT2D eigenvalue weighted by Crippen LogP contribution is 2.25. The van der Waals surface area contributed by atoms with Crippen LogP contribution in [0.1, 0.15) is 30.8 Å². The van der Waals surface area contributed by atoms with E-state index in [9.17, 15) is 4.79 Å². The molecule has 2 aromatic heterocycles. The number of halogens is 1. The highest BCUT2D eigenvalue weighted by molar-refractivity contribution is 9.10. The second-order valence-corrected chi connectivity index (χ2v) is 8.71. The SMILES string of the molecule is CC(C)(C(=O)NCCCc1nc(-c2ccncc2)cs1)c1ccc(Br)cc1. The van der Waals surface area contributed by atoms with E-state index < -0.39 is 5.41 Å². The van der Waals surface area contributed by atoms with Crippen LogP contribution in [0.2, 0.25) is 0 Å². The van der Waals surface area contributed by atoms with Gasteiger partial charge in [0.15, 0.2) is 0 Å². The van der Waals surface area contributed by atoms with Gasteiger partial charge in [-0.15, -0.1) is 11.3 Å². The van der Waals surface area contributed by atoms with Crippen LogP contribution >= 0.6 is 27.3 Å². The summed E-state index contributed by atoms with van der Waals surface area (Å²) in [6.45, 7) is 4.55. The van der Waals surface area contributed by atoms with Crippen molar-refractivity contribution in [3.63, 3.8) is 0 Å². The van der Waals surface area contributed by atoms with Crippen molar-refractivity contribution >= 4 is 33.2 Å². The van der Waals surface area contributed by atoms with Gasteiger partial charge in [0.25, 0.3) is 0 Å². The van der Waals surface area contributed by atoms with Gasteiger partial charge >= 0.3 is 0 Å². The second kappa shape index (κ2) is 8.76. The van der Waals surface area contributed by atoms with Crippen molar-refractivity contribution in [2.75, 3.05) is 6.54 Å². The third kappa shape index (κ3) is 5.02. The van der Waals surface area contributed by atoms with Gasteiger partial charge in [-0.3, -0.25) is 9.78 Å². The van der Waals surface area contributed by atoms with Gasteiger partial charge in [-0.1, -0.05) is 28.1 Å². The molecule has 3 aromatic rings. The maximum atomic E-state index is 12.6. The molecule has 0 spiro atoms. The normalized spacial score (nSPS) is 11.4. The van der Waals surface area contributed by atoms with Crippen molar-refractivity contribution in [3.05, 3.63) is 69.2 Å². The molecule has 0 radical (unpaired) electrons. The molecule has 0 bridgehead atoms. The highest BCUT2D eigenvalue weighted by atomic mass is 79.9. The zero-order valence-corrected chi connectivity index (χ0v) is 17.8. The summed E-state index contributed by atoms with van der Waals surface area (Å²) >= 11 is 5.09. The van der Waals surface area contributed by atoms with Crippen LogP contribution in [-0.2, 0) is 16.6 Å². The van der Waals surface area contributed by atoms with Crippen molar-refractivity contribution in [2.24, 2.45) is 0 Å². The molecule has 1 aromatic carbocycles. The molecule has 2 heterocycles. The summed E-state index contributed by atoms with van der Waals surface area (Å²) in [6, 6.07) is 11.8. The lowest BCUT2D eigenvalue weighted by Crippen LogP contribution is -2.40. The fourth-order valence-corrected chi connectivity index (χ4v) is 3.86. The number of amides is 1. The molecule has 140 valence electrons. The number of nitrogens with zero attached hydrogens (tertiary/aromatic N) is 2. The first kappa shape index (κ1) is 19.7. The topological polar surface area (TPSA) is 54.9 Å². The Morgan fingerprint density at radius 2 is 1.85 bits per heavy atom. The fourth-order valence-electron chi connectivity index (χ4n) is 2.74. The van der Waals surface area contributed by atoms with E-state index >= 15 is 0 Å². The van der Waals surface area contributed by atoms with Gasteiger partial charge in [0.05, 0.1) is 16.1 Å². The van der Waals surface area contributed by atoms with Crippen LogP contribution in [0, 0.1) is 0 Å². The summed E-state index contributed by atoms with van der Waals surface area (Å²) in [5.74, 6) is 0.0430. The van der Waals surface area contributed by atoms with Crippen molar-refractivity contribution in [2.45, 2.75) is 32.1 Å². The van der Waals surface area contributed by atoms with Gasteiger partial charge in [0.2, 0.25) is 5.91 Å². The second-order valence-electron chi connectivity index (χ2n) is 6.85. The lowest BCUT2D eigenvalue weighted by atomic mass is 9.84. The predicted octanol–water partition coefficient (Wildman–Crippen LogP) is 4.99. The number of carbonyl (C=O) groups is 1. The van der Waals surface area contributed by atoms with Crippen molar-refractivity contribution in [1.29, 1.82) is 0 Å². The number of pyridine rings is 1. The third-order valence-electron chi connectivity index (χ3n) is 4.51. The Morgan fingerprint density at radius 3 is 2.56 bits per heavy atom. The van der Waals surface area contributed by atoms with E-state index in [-0.39, 0.29) is 5.91 Å². The number of hydrogen-bond acceptors (Lipinski definition) is 4. The molecule has 6 heteroatoms. The van der Waals surface area contributed by atoms with Gasteiger partial charge in [-0.05, 0) is 50.1 Å². The van der Waals surface area contributed by atoms with Gasteiger partial charge in [-0.2, -0.15) is 0 Å². The Balaban J connectivity index is 1.49. The number of aryl methyl sites for hydroxylation is 1. The molecular formula is C21H22BrN3OS. The first-order valence-electron chi connectivity index (χ1n) is 8.86. The Kier molecular flexibility index (Phi) is 6.39. The number of aromatic nitrogens is 2. The summed E-state index contributed by atoms with van der Waals surface area (Å²) in [4.78, 5) is 21.3. The number of rotatable bonds is 7. The molecular weight excluding hydrogens is 422 g/mol. The minimum Gasteiger partial charge on any atom is -0.355 e. The minimum absolute atomic E-state index is 0.0430. The summed E-state index contributed by atoms with van der Waals surface area (Å²) in [6.07, 6.45) is 5.27. The summed E-state index contributed by atoms with van der Waals surface area (Å²) in [7, 11) is 0. The molecule has 27 heavy (non-hydrogen) atoms. The molecule has 1 amide bonds. The van der Waals surface area contributed by atoms with Crippen LogP contribution in [0.25, 0.3) is 11.3 Å². The van der Waals surface area contributed by atoms with E-state index in [0.29, 0.717) is 6.54 Å².